The lowest BCUT2D eigenvalue weighted by Crippen LogP contribution is -2.49. The lowest BCUT2D eigenvalue weighted by molar-refractivity contribution is -0.142. The fourth-order valence-corrected chi connectivity index (χ4v) is 2.14. The zero-order valence-corrected chi connectivity index (χ0v) is 10.3. The van der Waals surface area contributed by atoms with Crippen LogP contribution in [0.1, 0.15) is 40.0 Å². The van der Waals surface area contributed by atoms with Crippen molar-refractivity contribution in [2.45, 2.75) is 40.0 Å². The van der Waals surface area contributed by atoms with Gasteiger partial charge in [-0.1, -0.05) is 13.8 Å². The molecule has 3 nitrogen and oxygen atoms in total. The molecule has 1 aliphatic heterocycles. The first-order valence-electron chi connectivity index (χ1n) is 6.03. The molecule has 0 aromatic rings. The van der Waals surface area contributed by atoms with E-state index in [9.17, 15) is 4.79 Å². The number of nitrogens with two attached hydrogens (primary N) is 1. The third-order valence-corrected chi connectivity index (χ3v) is 3.69. The number of carbonyl (C=O) groups is 1. The maximum Gasteiger partial charge on any atom is 0.229 e. The van der Waals surface area contributed by atoms with Gasteiger partial charge in [0.2, 0.25) is 5.91 Å². The largest absolute Gasteiger partial charge is 0.342 e. The van der Waals surface area contributed by atoms with Crippen LogP contribution in [0.25, 0.3) is 0 Å². The standard InChI is InChI=1S/C12H24N2O/c1-4-12(3,9-13)11(15)14-7-5-6-10(2)8-14/h10H,4-9,13H2,1-3H3. The molecule has 0 aliphatic carbocycles. The number of rotatable bonds is 3. The molecule has 3 heteroatoms. The summed E-state index contributed by atoms with van der Waals surface area (Å²) in [6.07, 6.45) is 3.21. The Labute approximate surface area is 93.0 Å². The summed E-state index contributed by atoms with van der Waals surface area (Å²) in [4.78, 5) is 14.3. The van der Waals surface area contributed by atoms with Crippen molar-refractivity contribution in [2.24, 2.45) is 17.1 Å². The van der Waals surface area contributed by atoms with Crippen LogP contribution in [0, 0.1) is 11.3 Å². The smallest absolute Gasteiger partial charge is 0.229 e. The molecule has 0 aromatic carbocycles. The molecule has 2 atom stereocenters. The summed E-state index contributed by atoms with van der Waals surface area (Å²) in [7, 11) is 0. The highest BCUT2D eigenvalue weighted by atomic mass is 16.2. The second-order valence-electron chi connectivity index (χ2n) is 5.12. The lowest BCUT2D eigenvalue weighted by atomic mass is 9.85. The molecule has 1 saturated heterocycles. The van der Waals surface area contributed by atoms with Crippen LogP contribution < -0.4 is 5.73 Å². The predicted molar refractivity (Wildman–Crippen MR) is 62.4 cm³/mol. The van der Waals surface area contributed by atoms with Crippen LogP contribution in [-0.2, 0) is 4.79 Å². The summed E-state index contributed by atoms with van der Waals surface area (Å²) in [5.41, 5.74) is 5.36. The molecule has 15 heavy (non-hydrogen) atoms. The summed E-state index contributed by atoms with van der Waals surface area (Å²) in [6, 6.07) is 0. The zero-order valence-electron chi connectivity index (χ0n) is 10.3. The number of likely N-dealkylation sites (tertiary alicyclic amines) is 1. The Hall–Kier alpha value is -0.570. The Morgan fingerprint density at radius 2 is 2.27 bits per heavy atom. The Balaban J connectivity index is 2.66. The summed E-state index contributed by atoms with van der Waals surface area (Å²) >= 11 is 0. The lowest BCUT2D eigenvalue weighted by Gasteiger charge is -2.37. The van der Waals surface area contributed by atoms with E-state index in [-0.39, 0.29) is 11.3 Å². The molecule has 1 rings (SSSR count). The number of carbonyl (C=O) groups excluding carboxylic acids is 1. The summed E-state index contributed by atoms with van der Waals surface area (Å²) in [5.74, 6) is 0.889. The van der Waals surface area contributed by atoms with E-state index in [2.05, 4.69) is 6.92 Å². The van der Waals surface area contributed by atoms with Crippen molar-refractivity contribution in [1.29, 1.82) is 0 Å². The fourth-order valence-electron chi connectivity index (χ4n) is 2.14. The van der Waals surface area contributed by atoms with Gasteiger partial charge < -0.3 is 10.6 Å². The second-order valence-corrected chi connectivity index (χ2v) is 5.12. The SMILES string of the molecule is CCC(C)(CN)C(=O)N1CCCC(C)C1. The average molecular weight is 212 g/mol. The van der Waals surface area contributed by atoms with Crippen LogP contribution in [0.3, 0.4) is 0 Å². The molecule has 2 N–H and O–H groups in total. The topological polar surface area (TPSA) is 46.3 Å². The van der Waals surface area contributed by atoms with Crippen LogP contribution in [0.2, 0.25) is 0 Å². The van der Waals surface area contributed by atoms with Crippen molar-refractivity contribution < 1.29 is 4.79 Å². The molecule has 1 aliphatic rings. The molecule has 1 fully saturated rings. The number of hydrogen-bond acceptors (Lipinski definition) is 2. The van der Waals surface area contributed by atoms with Gasteiger partial charge in [0.1, 0.15) is 0 Å². The van der Waals surface area contributed by atoms with Gasteiger partial charge >= 0.3 is 0 Å². The maximum absolute atomic E-state index is 12.3. The Bertz CT molecular complexity index is 224. The fraction of sp³-hybridized carbons (Fsp3) is 0.917. The monoisotopic (exact) mass is 212 g/mol. The molecule has 0 radical (unpaired) electrons. The second kappa shape index (κ2) is 4.97. The minimum absolute atomic E-state index is 0.249. The van der Waals surface area contributed by atoms with E-state index < -0.39 is 0 Å². The molecule has 2 unspecified atom stereocenters. The van der Waals surface area contributed by atoms with E-state index in [0.29, 0.717) is 12.5 Å². The van der Waals surface area contributed by atoms with Crippen LogP contribution in [0.15, 0.2) is 0 Å². The third kappa shape index (κ3) is 2.71. The van der Waals surface area contributed by atoms with Gasteiger partial charge in [0, 0.05) is 19.6 Å². The quantitative estimate of drug-likeness (QED) is 0.772. The van der Waals surface area contributed by atoms with Gasteiger partial charge in [0.15, 0.2) is 0 Å². The van der Waals surface area contributed by atoms with Crippen molar-refractivity contribution in [2.75, 3.05) is 19.6 Å². The van der Waals surface area contributed by atoms with Crippen LogP contribution in [-0.4, -0.2) is 30.4 Å². The van der Waals surface area contributed by atoms with Gasteiger partial charge in [0.05, 0.1) is 5.41 Å². The normalized spacial score (nSPS) is 26.1. The van der Waals surface area contributed by atoms with E-state index in [4.69, 9.17) is 5.73 Å². The maximum atomic E-state index is 12.3. The molecule has 0 spiro atoms. The Kier molecular flexibility index (Phi) is 4.14. The Morgan fingerprint density at radius 3 is 2.73 bits per heavy atom. The molecule has 88 valence electrons. The average Bonchev–Trinajstić information content (AvgIpc) is 2.27. The van der Waals surface area contributed by atoms with E-state index in [0.717, 1.165) is 25.9 Å². The molecule has 1 heterocycles. The Morgan fingerprint density at radius 1 is 1.60 bits per heavy atom. The van der Waals surface area contributed by atoms with E-state index in [1.807, 2.05) is 18.7 Å². The van der Waals surface area contributed by atoms with Crippen molar-refractivity contribution >= 4 is 5.91 Å². The van der Waals surface area contributed by atoms with E-state index in [1.54, 1.807) is 0 Å². The number of hydrogen-bond donors (Lipinski definition) is 1. The van der Waals surface area contributed by atoms with Crippen molar-refractivity contribution in [1.82, 2.24) is 4.90 Å². The van der Waals surface area contributed by atoms with Crippen LogP contribution in [0.4, 0.5) is 0 Å². The van der Waals surface area contributed by atoms with Gasteiger partial charge in [-0.2, -0.15) is 0 Å². The molecule has 1 amide bonds. The van der Waals surface area contributed by atoms with E-state index >= 15 is 0 Å². The number of nitrogens with zero attached hydrogens (tertiary/aromatic N) is 1. The highest BCUT2D eigenvalue weighted by Gasteiger charge is 2.35. The summed E-state index contributed by atoms with van der Waals surface area (Å²) in [6.45, 7) is 8.51. The highest BCUT2D eigenvalue weighted by molar-refractivity contribution is 5.82. The minimum Gasteiger partial charge on any atom is -0.342 e. The summed E-state index contributed by atoms with van der Waals surface area (Å²) in [5, 5.41) is 0. The molecule has 0 bridgehead atoms. The molecular weight excluding hydrogens is 188 g/mol. The van der Waals surface area contributed by atoms with Crippen molar-refractivity contribution in [3.8, 4) is 0 Å². The van der Waals surface area contributed by atoms with Gasteiger partial charge in [-0.05, 0) is 32.1 Å². The first kappa shape index (κ1) is 12.5. The minimum atomic E-state index is -0.350. The van der Waals surface area contributed by atoms with E-state index in [1.165, 1.54) is 6.42 Å². The van der Waals surface area contributed by atoms with Gasteiger partial charge in [-0.15, -0.1) is 0 Å². The van der Waals surface area contributed by atoms with Gasteiger partial charge in [-0.3, -0.25) is 4.79 Å². The van der Waals surface area contributed by atoms with Crippen molar-refractivity contribution in [3.63, 3.8) is 0 Å². The first-order valence-corrected chi connectivity index (χ1v) is 6.03. The molecular formula is C12H24N2O. The van der Waals surface area contributed by atoms with Gasteiger partial charge in [0.25, 0.3) is 0 Å². The number of amides is 1. The zero-order chi connectivity index (χ0) is 11.5. The van der Waals surface area contributed by atoms with Crippen LogP contribution in [0.5, 0.6) is 0 Å². The molecule has 0 saturated carbocycles. The highest BCUT2D eigenvalue weighted by Crippen LogP contribution is 2.26. The first-order chi connectivity index (χ1) is 7.03. The third-order valence-electron chi connectivity index (χ3n) is 3.69. The van der Waals surface area contributed by atoms with Crippen LogP contribution >= 0.6 is 0 Å². The van der Waals surface area contributed by atoms with Crippen molar-refractivity contribution in [3.05, 3.63) is 0 Å². The number of piperidine rings is 1. The predicted octanol–water partition coefficient (Wildman–Crippen LogP) is 1.62. The van der Waals surface area contributed by atoms with Gasteiger partial charge in [-0.25, -0.2) is 0 Å². The molecule has 0 aromatic heterocycles. The summed E-state index contributed by atoms with van der Waals surface area (Å²) < 4.78 is 0.